The molecule has 1 nitrogen and oxygen atoms in total. The van der Waals surface area contributed by atoms with E-state index in [4.69, 9.17) is 0 Å². The summed E-state index contributed by atoms with van der Waals surface area (Å²) in [4.78, 5) is 0. The Kier molecular flexibility index (Phi) is 4.18. The molecule has 0 bridgehead atoms. The lowest BCUT2D eigenvalue weighted by Crippen LogP contribution is -3.00. The van der Waals surface area contributed by atoms with E-state index in [0.717, 1.165) is 4.48 Å². The molecule has 0 atom stereocenters. The van der Waals surface area contributed by atoms with Crippen LogP contribution in [0.4, 0.5) is 5.69 Å². The Hall–Kier alpha value is -0.0900. The fourth-order valence-electron chi connectivity index (χ4n) is 2.14. The standard InChI is InChI=1S/C13H20N.HI/c1-14(2,3)13-9-8-11-6-4-5-7-12(11)10-13;/h8-10H,4-7H2,1-3H3;1H/q+1;/p-1. The fraction of sp³-hybridized carbons (Fsp3) is 0.538. The van der Waals surface area contributed by atoms with Gasteiger partial charge in [-0.2, -0.15) is 0 Å². The van der Waals surface area contributed by atoms with E-state index < -0.39 is 0 Å². The van der Waals surface area contributed by atoms with E-state index in [-0.39, 0.29) is 24.0 Å². The molecule has 1 aliphatic rings. The highest BCUT2D eigenvalue weighted by Crippen LogP contribution is 2.26. The van der Waals surface area contributed by atoms with Gasteiger partial charge in [0.2, 0.25) is 0 Å². The molecule has 0 amide bonds. The Balaban J connectivity index is 0.00000112. The lowest BCUT2D eigenvalue weighted by Gasteiger charge is -2.25. The molecule has 2 rings (SSSR count). The van der Waals surface area contributed by atoms with Gasteiger partial charge in [0.25, 0.3) is 0 Å². The second-order valence-electron chi connectivity index (χ2n) is 5.17. The molecule has 0 saturated carbocycles. The smallest absolute Gasteiger partial charge is 0.132 e. The molecular formula is C13H20IN. The van der Waals surface area contributed by atoms with Gasteiger partial charge in [-0.3, -0.25) is 4.48 Å². The Morgan fingerprint density at radius 2 is 1.53 bits per heavy atom. The minimum atomic E-state index is 0. The summed E-state index contributed by atoms with van der Waals surface area (Å²) < 4.78 is 0.924. The summed E-state index contributed by atoms with van der Waals surface area (Å²) in [7, 11) is 6.68. The van der Waals surface area contributed by atoms with Gasteiger partial charge in [-0.15, -0.1) is 0 Å². The van der Waals surface area contributed by atoms with Crippen molar-refractivity contribution in [3.8, 4) is 0 Å². The third-order valence-corrected chi connectivity index (χ3v) is 3.11. The van der Waals surface area contributed by atoms with Crippen LogP contribution in [0.1, 0.15) is 24.0 Å². The average molecular weight is 317 g/mol. The maximum Gasteiger partial charge on any atom is 0.132 e. The van der Waals surface area contributed by atoms with Gasteiger partial charge in [0.05, 0.1) is 21.1 Å². The number of rotatable bonds is 1. The van der Waals surface area contributed by atoms with Crippen LogP contribution in [0.15, 0.2) is 18.2 Å². The van der Waals surface area contributed by atoms with Crippen LogP contribution in [0.25, 0.3) is 0 Å². The first kappa shape index (κ1) is 13.0. The van der Waals surface area contributed by atoms with Crippen molar-refractivity contribution in [2.75, 3.05) is 21.1 Å². The fourth-order valence-corrected chi connectivity index (χ4v) is 2.14. The van der Waals surface area contributed by atoms with Gasteiger partial charge in [-0.25, -0.2) is 0 Å². The summed E-state index contributed by atoms with van der Waals surface area (Å²) in [6, 6.07) is 7.01. The Morgan fingerprint density at radius 1 is 0.933 bits per heavy atom. The van der Waals surface area contributed by atoms with Crippen molar-refractivity contribution in [3.05, 3.63) is 29.3 Å². The van der Waals surface area contributed by atoms with E-state index in [1.807, 2.05) is 0 Å². The Bertz CT molecular complexity index is 339. The monoisotopic (exact) mass is 317 g/mol. The summed E-state index contributed by atoms with van der Waals surface area (Å²) in [6.45, 7) is 0. The minimum absolute atomic E-state index is 0. The first-order valence-electron chi connectivity index (χ1n) is 5.51. The molecule has 0 heterocycles. The zero-order chi connectivity index (χ0) is 10.2. The maximum absolute atomic E-state index is 2.40. The molecule has 2 heteroatoms. The zero-order valence-electron chi connectivity index (χ0n) is 9.89. The van der Waals surface area contributed by atoms with Crippen LogP contribution in [-0.4, -0.2) is 21.1 Å². The van der Waals surface area contributed by atoms with Crippen molar-refractivity contribution >= 4 is 5.69 Å². The van der Waals surface area contributed by atoms with Crippen LogP contribution in [0.3, 0.4) is 0 Å². The van der Waals surface area contributed by atoms with Gasteiger partial charge in [-0.1, -0.05) is 6.07 Å². The van der Waals surface area contributed by atoms with Crippen LogP contribution in [0.5, 0.6) is 0 Å². The number of hydrogen-bond donors (Lipinski definition) is 0. The highest BCUT2D eigenvalue weighted by atomic mass is 127. The van der Waals surface area contributed by atoms with Gasteiger partial charge in [0.15, 0.2) is 0 Å². The van der Waals surface area contributed by atoms with Gasteiger partial charge in [0.1, 0.15) is 5.69 Å². The number of quaternary nitrogens is 1. The highest BCUT2D eigenvalue weighted by Gasteiger charge is 2.16. The lowest BCUT2D eigenvalue weighted by molar-refractivity contribution is -0.00000318. The number of hydrogen-bond acceptors (Lipinski definition) is 0. The molecule has 0 fully saturated rings. The maximum atomic E-state index is 2.40. The quantitative estimate of drug-likeness (QED) is 0.496. The highest BCUT2D eigenvalue weighted by molar-refractivity contribution is 5.48. The molecule has 1 aromatic rings. The average Bonchev–Trinajstić information content (AvgIpc) is 2.16. The van der Waals surface area contributed by atoms with E-state index in [0.29, 0.717) is 0 Å². The van der Waals surface area contributed by atoms with Gasteiger partial charge >= 0.3 is 0 Å². The number of aryl methyl sites for hydroxylation is 2. The summed E-state index contributed by atoms with van der Waals surface area (Å²) in [5.74, 6) is 0. The third kappa shape index (κ3) is 2.94. The first-order valence-corrected chi connectivity index (χ1v) is 5.51. The molecule has 1 aromatic carbocycles. The molecule has 0 N–H and O–H groups in total. The normalized spacial score (nSPS) is 15.4. The van der Waals surface area contributed by atoms with Crippen molar-refractivity contribution in [1.82, 2.24) is 4.48 Å². The van der Waals surface area contributed by atoms with E-state index >= 15 is 0 Å². The summed E-state index contributed by atoms with van der Waals surface area (Å²) >= 11 is 0. The van der Waals surface area contributed by atoms with E-state index in [1.165, 1.54) is 31.4 Å². The molecule has 0 radical (unpaired) electrons. The SMILES string of the molecule is C[N+](C)(C)c1ccc2c(c1)CCCC2.[I-]. The van der Waals surface area contributed by atoms with E-state index in [9.17, 15) is 0 Å². The summed E-state index contributed by atoms with van der Waals surface area (Å²) in [5, 5.41) is 0. The molecule has 84 valence electrons. The predicted molar refractivity (Wildman–Crippen MR) is 62.7 cm³/mol. The number of fused-ring (bicyclic) bond motifs is 1. The molecule has 0 unspecified atom stereocenters. The number of benzene rings is 1. The van der Waals surface area contributed by atoms with Crippen molar-refractivity contribution < 1.29 is 24.0 Å². The third-order valence-electron chi connectivity index (χ3n) is 3.11. The van der Waals surface area contributed by atoms with Crippen LogP contribution in [0.2, 0.25) is 0 Å². The second kappa shape index (κ2) is 4.83. The van der Waals surface area contributed by atoms with Gasteiger partial charge in [0, 0.05) is 6.07 Å². The van der Waals surface area contributed by atoms with Crippen molar-refractivity contribution in [1.29, 1.82) is 0 Å². The van der Waals surface area contributed by atoms with Crippen LogP contribution >= 0.6 is 0 Å². The molecule has 15 heavy (non-hydrogen) atoms. The molecule has 0 aliphatic heterocycles. The summed E-state index contributed by atoms with van der Waals surface area (Å²) in [5.41, 5.74) is 4.58. The Morgan fingerprint density at radius 3 is 2.13 bits per heavy atom. The lowest BCUT2D eigenvalue weighted by atomic mass is 9.91. The summed E-state index contributed by atoms with van der Waals surface area (Å²) in [6.07, 6.45) is 5.31. The first-order chi connectivity index (χ1) is 6.57. The predicted octanol–water partition coefficient (Wildman–Crippen LogP) is -0.234. The minimum Gasteiger partial charge on any atom is -1.00 e. The van der Waals surface area contributed by atoms with Gasteiger partial charge < -0.3 is 24.0 Å². The Labute approximate surface area is 110 Å². The molecule has 1 aliphatic carbocycles. The van der Waals surface area contributed by atoms with Crippen LogP contribution < -0.4 is 28.5 Å². The van der Waals surface area contributed by atoms with Gasteiger partial charge in [-0.05, 0) is 42.9 Å². The second-order valence-corrected chi connectivity index (χ2v) is 5.17. The molecular weight excluding hydrogens is 297 g/mol. The number of halogens is 1. The zero-order valence-corrected chi connectivity index (χ0v) is 12.0. The molecule has 0 aromatic heterocycles. The van der Waals surface area contributed by atoms with E-state index in [2.05, 4.69) is 39.3 Å². The topological polar surface area (TPSA) is 0 Å². The van der Waals surface area contributed by atoms with Crippen molar-refractivity contribution in [2.24, 2.45) is 0 Å². The van der Waals surface area contributed by atoms with E-state index in [1.54, 1.807) is 11.1 Å². The van der Waals surface area contributed by atoms with Crippen molar-refractivity contribution in [3.63, 3.8) is 0 Å². The molecule has 0 saturated heterocycles. The van der Waals surface area contributed by atoms with Crippen LogP contribution in [0, 0.1) is 0 Å². The largest absolute Gasteiger partial charge is 1.00 e. The van der Waals surface area contributed by atoms with Crippen LogP contribution in [-0.2, 0) is 12.8 Å². The van der Waals surface area contributed by atoms with Crippen molar-refractivity contribution in [2.45, 2.75) is 25.7 Å². The molecule has 0 spiro atoms. The number of nitrogens with zero attached hydrogens (tertiary/aromatic N) is 1.